The molecule has 1 saturated carbocycles. The van der Waals surface area contributed by atoms with Crippen LogP contribution in [-0.2, 0) is 0 Å². The SMILES string of the molecule is CC[N+](C)(CC)C1CCCCCC1. The third-order valence-electron chi connectivity index (χ3n) is 4.15. The summed E-state index contributed by atoms with van der Waals surface area (Å²) in [5, 5.41) is 0. The maximum Gasteiger partial charge on any atom is 0.0888 e. The van der Waals surface area contributed by atoms with Gasteiger partial charge in [-0.1, -0.05) is 12.8 Å². The van der Waals surface area contributed by atoms with E-state index in [1.54, 1.807) is 0 Å². The lowest BCUT2D eigenvalue weighted by Crippen LogP contribution is -2.51. The molecule has 0 unspecified atom stereocenters. The van der Waals surface area contributed by atoms with Crippen LogP contribution in [0.1, 0.15) is 52.4 Å². The van der Waals surface area contributed by atoms with Gasteiger partial charge in [0.1, 0.15) is 0 Å². The van der Waals surface area contributed by atoms with Gasteiger partial charge in [0.2, 0.25) is 0 Å². The van der Waals surface area contributed by atoms with Gasteiger partial charge >= 0.3 is 0 Å². The topological polar surface area (TPSA) is 0 Å². The Labute approximate surface area is 83.7 Å². The minimum absolute atomic E-state index is 0.956. The molecule has 0 amide bonds. The zero-order valence-corrected chi connectivity index (χ0v) is 9.68. The molecule has 0 saturated heterocycles. The monoisotopic (exact) mass is 184 g/mol. The van der Waals surface area contributed by atoms with Crippen LogP contribution in [0.2, 0.25) is 0 Å². The van der Waals surface area contributed by atoms with Crippen molar-refractivity contribution in [2.45, 2.75) is 58.4 Å². The van der Waals surface area contributed by atoms with Gasteiger partial charge in [0.15, 0.2) is 0 Å². The lowest BCUT2D eigenvalue weighted by atomic mass is 10.0. The van der Waals surface area contributed by atoms with E-state index in [9.17, 15) is 0 Å². The molecule has 0 radical (unpaired) electrons. The summed E-state index contributed by atoms with van der Waals surface area (Å²) in [7, 11) is 2.44. The van der Waals surface area contributed by atoms with Crippen molar-refractivity contribution in [2.75, 3.05) is 20.1 Å². The first-order chi connectivity index (χ1) is 6.23. The number of nitrogens with zero attached hydrogens (tertiary/aromatic N) is 1. The fraction of sp³-hybridized carbons (Fsp3) is 1.00. The van der Waals surface area contributed by atoms with Crippen molar-refractivity contribution in [2.24, 2.45) is 0 Å². The van der Waals surface area contributed by atoms with E-state index in [-0.39, 0.29) is 0 Å². The summed E-state index contributed by atoms with van der Waals surface area (Å²) in [6.07, 6.45) is 8.83. The van der Waals surface area contributed by atoms with Crippen LogP contribution in [0.25, 0.3) is 0 Å². The normalized spacial score (nSPS) is 21.5. The molecule has 13 heavy (non-hydrogen) atoms. The maximum atomic E-state index is 2.44. The van der Waals surface area contributed by atoms with Crippen molar-refractivity contribution in [3.8, 4) is 0 Å². The molecule has 1 nitrogen and oxygen atoms in total. The van der Waals surface area contributed by atoms with Gasteiger partial charge < -0.3 is 4.48 Å². The van der Waals surface area contributed by atoms with Crippen LogP contribution in [0.3, 0.4) is 0 Å². The number of hydrogen-bond acceptors (Lipinski definition) is 0. The maximum absolute atomic E-state index is 2.44. The molecule has 78 valence electrons. The highest BCUT2D eigenvalue weighted by molar-refractivity contribution is 4.64. The largest absolute Gasteiger partial charge is 0.324 e. The Balaban J connectivity index is 2.55. The lowest BCUT2D eigenvalue weighted by Gasteiger charge is -2.40. The van der Waals surface area contributed by atoms with Gasteiger partial charge in [-0.15, -0.1) is 0 Å². The second-order valence-corrected chi connectivity index (χ2v) is 4.76. The molecule has 1 rings (SSSR count). The summed E-state index contributed by atoms with van der Waals surface area (Å²) in [5.74, 6) is 0. The third-order valence-corrected chi connectivity index (χ3v) is 4.15. The average molecular weight is 184 g/mol. The molecule has 0 spiro atoms. The van der Waals surface area contributed by atoms with E-state index < -0.39 is 0 Å². The van der Waals surface area contributed by atoms with E-state index >= 15 is 0 Å². The van der Waals surface area contributed by atoms with Crippen LogP contribution in [0.15, 0.2) is 0 Å². The molecule has 0 atom stereocenters. The van der Waals surface area contributed by atoms with E-state index in [1.807, 2.05) is 0 Å². The minimum atomic E-state index is 0.956. The van der Waals surface area contributed by atoms with Crippen molar-refractivity contribution in [1.82, 2.24) is 0 Å². The molecule has 1 fully saturated rings. The Morgan fingerprint density at radius 2 is 1.38 bits per heavy atom. The van der Waals surface area contributed by atoms with Gasteiger partial charge in [0.25, 0.3) is 0 Å². The standard InChI is InChI=1S/C12H26N/c1-4-13(3,5-2)12-10-8-6-7-9-11-12/h12H,4-11H2,1-3H3/q+1. The smallest absolute Gasteiger partial charge is 0.0888 e. The van der Waals surface area contributed by atoms with Crippen LogP contribution < -0.4 is 0 Å². The Morgan fingerprint density at radius 3 is 1.77 bits per heavy atom. The summed E-state index contributed by atoms with van der Waals surface area (Å²) in [5.41, 5.74) is 0. The molecule has 0 bridgehead atoms. The van der Waals surface area contributed by atoms with Gasteiger partial charge in [-0.25, -0.2) is 0 Å². The van der Waals surface area contributed by atoms with Gasteiger partial charge in [0.05, 0.1) is 26.2 Å². The Morgan fingerprint density at radius 1 is 0.923 bits per heavy atom. The van der Waals surface area contributed by atoms with Gasteiger partial charge in [-0.3, -0.25) is 0 Å². The molecular weight excluding hydrogens is 158 g/mol. The number of quaternary nitrogens is 1. The second kappa shape index (κ2) is 4.99. The van der Waals surface area contributed by atoms with E-state index in [4.69, 9.17) is 0 Å². The minimum Gasteiger partial charge on any atom is -0.324 e. The lowest BCUT2D eigenvalue weighted by molar-refractivity contribution is -0.930. The van der Waals surface area contributed by atoms with Crippen LogP contribution >= 0.6 is 0 Å². The Hall–Kier alpha value is -0.0400. The first-order valence-corrected chi connectivity index (χ1v) is 6.07. The highest BCUT2D eigenvalue weighted by atomic mass is 15.3. The zero-order chi connectivity index (χ0) is 9.73. The molecule has 1 aliphatic carbocycles. The van der Waals surface area contributed by atoms with Crippen molar-refractivity contribution in [1.29, 1.82) is 0 Å². The molecule has 0 aromatic rings. The highest BCUT2D eigenvalue weighted by Crippen LogP contribution is 2.25. The summed E-state index contributed by atoms with van der Waals surface area (Å²) in [6, 6.07) is 0.956. The predicted molar refractivity (Wildman–Crippen MR) is 58.8 cm³/mol. The molecule has 0 aliphatic heterocycles. The van der Waals surface area contributed by atoms with E-state index in [0.29, 0.717) is 0 Å². The molecule has 0 aromatic carbocycles. The van der Waals surface area contributed by atoms with E-state index in [1.165, 1.54) is 56.1 Å². The second-order valence-electron chi connectivity index (χ2n) is 4.76. The fourth-order valence-electron chi connectivity index (χ4n) is 2.62. The van der Waals surface area contributed by atoms with Crippen LogP contribution in [-0.4, -0.2) is 30.7 Å². The highest BCUT2D eigenvalue weighted by Gasteiger charge is 2.29. The molecule has 0 N–H and O–H groups in total. The van der Waals surface area contributed by atoms with Crippen molar-refractivity contribution >= 4 is 0 Å². The summed E-state index contributed by atoms with van der Waals surface area (Å²) in [6.45, 7) is 7.30. The third kappa shape index (κ3) is 2.70. The first-order valence-electron chi connectivity index (χ1n) is 6.07. The Kier molecular flexibility index (Phi) is 4.24. The van der Waals surface area contributed by atoms with Gasteiger partial charge in [-0.05, 0) is 39.5 Å². The van der Waals surface area contributed by atoms with E-state index in [2.05, 4.69) is 20.9 Å². The van der Waals surface area contributed by atoms with Crippen LogP contribution in [0.5, 0.6) is 0 Å². The van der Waals surface area contributed by atoms with E-state index in [0.717, 1.165) is 6.04 Å². The van der Waals surface area contributed by atoms with Crippen molar-refractivity contribution in [3.05, 3.63) is 0 Å². The number of hydrogen-bond donors (Lipinski definition) is 0. The summed E-state index contributed by atoms with van der Waals surface area (Å²) in [4.78, 5) is 0. The van der Waals surface area contributed by atoms with Crippen molar-refractivity contribution < 1.29 is 4.48 Å². The van der Waals surface area contributed by atoms with Crippen LogP contribution in [0, 0.1) is 0 Å². The quantitative estimate of drug-likeness (QED) is 0.467. The Bertz CT molecular complexity index is 130. The number of rotatable bonds is 3. The van der Waals surface area contributed by atoms with Gasteiger partial charge in [-0.2, -0.15) is 0 Å². The summed E-state index contributed by atoms with van der Waals surface area (Å²) < 4.78 is 1.31. The molecular formula is C12H26N+. The molecule has 0 aromatic heterocycles. The van der Waals surface area contributed by atoms with Crippen molar-refractivity contribution in [3.63, 3.8) is 0 Å². The average Bonchev–Trinajstić information content (AvgIpc) is 2.45. The molecule has 0 heterocycles. The fourth-order valence-corrected chi connectivity index (χ4v) is 2.62. The predicted octanol–water partition coefficient (Wildman–Crippen LogP) is 3.20. The van der Waals surface area contributed by atoms with Gasteiger partial charge in [0, 0.05) is 0 Å². The molecule has 1 heteroatoms. The molecule has 1 aliphatic rings. The summed E-state index contributed by atoms with van der Waals surface area (Å²) >= 11 is 0. The first kappa shape index (κ1) is 11.0. The zero-order valence-electron chi connectivity index (χ0n) is 9.68. The van der Waals surface area contributed by atoms with Crippen LogP contribution in [0.4, 0.5) is 0 Å².